The molecule has 0 aromatic rings. The van der Waals surface area contributed by atoms with E-state index in [1.165, 1.54) is 25.7 Å². The predicted octanol–water partition coefficient (Wildman–Crippen LogP) is 2.07. The highest BCUT2D eigenvalue weighted by Crippen LogP contribution is 2.20. The Morgan fingerprint density at radius 2 is 2.08 bits per heavy atom. The van der Waals surface area contributed by atoms with Gasteiger partial charge >= 0.3 is 0 Å². The molecule has 1 fully saturated rings. The average Bonchev–Trinajstić information content (AvgIpc) is 2.53. The SMILES string of the molecule is CCCC(N)COC1CCCC1. The molecule has 0 aromatic carbocycles. The largest absolute Gasteiger partial charge is 0.377 e. The van der Waals surface area contributed by atoms with Gasteiger partial charge in [-0.05, 0) is 19.3 Å². The normalized spacial score (nSPS) is 21.5. The van der Waals surface area contributed by atoms with Crippen molar-refractivity contribution < 1.29 is 4.74 Å². The summed E-state index contributed by atoms with van der Waals surface area (Å²) in [6.07, 6.45) is 7.95. The summed E-state index contributed by atoms with van der Waals surface area (Å²) in [5.74, 6) is 0. The van der Waals surface area contributed by atoms with Crippen LogP contribution in [0.4, 0.5) is 0 Å². The van der Waals surface area contributed by atoms with Crippen LogP contribution in [0.25, 0.3) is 0 Å². The van der Waals surface area contributed by atoms with E-state index in [4.69, 9.17) is 10.5 Å². The molecule has 0 heterocycles. The Morgan fingerprint density at radius 1 is 1.42 bits per heavy atom. The van der Waals surface area contributed by atoms with Crippen LogP contribution in [0.1, 0.15) is 45.4 Å². The second-order valence-corrected chi connectivity index (χ2v) is 3.79. The molecule has 12 heavy (non-hydrogen) atoms. The van der Waals surface area contributed by atoms with E-state index in [1.54, 1.807) is 0 Å². The number of rotatable bonds is 5. The van der Waals surface area contributed by atoms with Crippen LogP contribution in [0.3, 0.4) is 0 Å². The maximum atomic E-state index is 5.84. The van der Waals surface area contributed by atoms with Gasteiger partial charge in [-0.15, -0.1) is 0 Å². The Kier molecular flexibility index (Phi) is 4.62. The lowest BCUT2D eigenvalue weighted by atomic mass is 10.2. The first-order valence-electron chi connectivity index (χ1n) is 5.20. The highest BCUT2D eigenvalue weighted by Gasteiger charge is 2.15. The van der Waals surface area contributed by atoms with Crippen molar-refractivity contribution in [2.45, 2.75) is 57.6 Å². The second-order valence-electron chi connectivity index (χ2n) is 3.79. The Hall–Kier alpha value is -0.0800. The monoisotopic (exact) mass is 171 g/mol. The third-order valence-electron chi connectivity index (χ3n) is 2.51. The molecule has 0 bridgehead atoms. The Balaban J connectivity index is 1.99. The summed E-state index contributed by atoms with van der Waals surface area (Å²) < 4.78 is 5.69. The molecule has 0 aliphatic heterocycles. The van der Waals surface area contributed by atoms with Crippen molar-refractivity contribution in [2.75, 3.05) is 6.61 Å². The van der Waals surface area contributed by atoms with Gasteiger partial charge < -0.3 is 10.5 Å². The van der Waals surface area contributed by atoms with E-state index in [9.17, 15) is 0 Å². The second kappa shape index (κ2) is 5.55. The lowest BCUT2D eigenvalue weighted by molar-refractivity contribution is 0.0477. The summed E-state index contributed by atoms with van der Waals surface area (Å²) in [6.45, 7) is 2.92. The number of hydrogen-bond donors (Lipinski definition) is 1. The fourth-order valence-corrected chi connectivity index (χ4v) is 1.77. The molecule has 0 aromatic heterocycles. The van der Waals surface area contributed by atoms with Crippen molar-refractivity contribution in [3.63, 3.8) is 0 Å². The number of ether oxygens (including phenoxy) is 1. The van der Waals surface area contributed by atoms with E-state index in [2.05, 4.69) is 6.92 Å². The maximum absolute atomic E-state index is 5.84. The molecule has 1 rings (SSSR count). The van der Waals surface area contributed by atoms with E-state index in [0.717, 1.165) is 19.4 Å². The van der Waals surface area contributed by atoms with Gasteiger partial charge in [0.1, 0.15) is 0 Å². The molecule has 2 N–H and O–H groups in total. The van der Waals surface area contributed by atoms with E-state index in [-0.39, 0.29) is 6.04 Å². The van der Waals surface area contributed by atoms with Crippen molar-refractivity contribution in [1.82, 2.24) is 0 Å². The van der Waals surface area contributed by atoms with Gasteiger partial charge in [0.15, 0.2) is 0 Å². The van der Waals surface area contributed by atoms with Crippen LogP contribution in [-0.4, -0.2) is 18.8 Å². The van der Waals surface area contributed by atoms with E-state index in [1.807, 2.05) is 0 Å². The Morgan fingerprint density at radius 3 is 2.67 bits per heavy atom. The van der Waals surface area contributed by atoms with Gasteiger partial charge in [0.25, 0.3) is 0 Å². The fraction of sp³-hybridized carbons (Fsp3) is 1.00. The van der Waals surface area contributed by atoms with Gasteiger partial charge in [-0.25, -0.2) is 0 Å². The molecule has 0 saturated heterocycles. The molecule has 0 amide bonds. The lowest BCUT2D eigenvalue weighted by Gasteiger charge is -2.15. The van der Waals surface area contributed by atoms with Crippen molar-refractivity contribution >= 4 is 0 Å². The fourth-order valence-electron chi connectivity index (χ4n) is 1.77. The molecular weight excluding hydrogens is 150 g/mol. The summed E-state index contributed by atoms with van der Waals surface area (Å²) in [6, 6.07) is 0.260. The minimum Gasteiger partial charge on any atom is -0.377 e. The van der Waals surface area contributed by atoms with Gasteiger partial charge in [0.2, 0.25) is 0 Å². The molecular formula is C10H21NO. The topological polar surface area (TPSA) is 35.2 Å². The minimum atomic E-state index is 0.260. The molecule has 1 atom stereocenters. The van der Waals surface area contributed by atoms with Crippen LogP contribution in [-0.2, 0) is 4.74 Å². The van der Waals surface area contributed by atoms with Crippen LogP contribution in [0.2, 0.25) is 0 Å². The van der Waals surface area contributed by atoms with Crippen molar-refractivity contribution in [1.29, 1.82) is 0 Å². The molecule has 2 nitrogen and oxygen atoms in total. The zero-order valence-electron chi connectivity index (χ0n) is 8.09. The number of hydrogen-bond acceptors (Lipinski definition) is 2. The van der Waals surface area contributed by atoms with Gasteiger partial charge in [-0.1, -0.05) is 26.2 Å². The maximum Gasteiger partial charge on any atom is 0.0621 e. The summed E-state index contributed by atoms with van der Waals surface area (Å²) in [7, 11) is 0. The minimum absolute atomic E-state index is 0.260. The van der Waals surface area contributed by atoms with E-state index >= 15 is 0 Å². The molecule has 72 valence electrons. The van der Waals surface area contributed by atoms with Crippen LogP contribution < -0.4 is 5.73 Å². The number of nitrogens with two attached hydrogens (primary N) is 1. The van der Waals surface area contributed by atoms with Crippen molar-refractivity contribution in [3.05, 3.63) is 0 Å². The molecule has 1 saturated carbocycles. The highest BCUT2D eigenvalue weighted by atomic mass is 16.5. The van der Waals surface area contributed by atoms with Crippen LogP contribution in [0.5, 0.6) is 0 Å². The van der Waals surface area contributed by atoms with Crippen LogP contribution in [0.15, 0.2) is 0 Å². The van der Waals surface area contributed by atoms with Gasteiger partial charge in [0, 0.05) is 6.04 Å². The lowest BCUT2D eigenvalue weighted by Crippen LogP contribution is -2.28. The zero-order chi connectivity index (χ0) is 8.81. The van der Waals surface area contributed by atoms with E-state index in [0.29, 0.717) is 6.10 Å². The zero-order valence-corrected chi connectivity index (χ0v) is 8.09. The summed E-state index contributed by atoms with van der Waals surface area (Å²) in [5, 5.41) is 0. The molecule has 2 heteroatoms. The van der Waals surface area contributed by atoms with Crippen molar-refractivity contribution in [2.24, 2.45) is 5.73 Å². The van der Waals surface area contributed by atoms with Gasteiger partial charge in [-0.3, -0.25) is 0 Å². The Labute approximate surface area is 75.5 Å². The van der Waals surface area contributed by atoms with Gasteiger partial charge in [-0.2, -0.15) is 0 Å². The van der Waals surface area contributed by atoms with Crippen LogP contribution >= 0.6 is 0 Å². The summed E-state index contributed by atoms with van der Waals surface area (Å²) >= 11 is 0. The molecule has 0 radical (unpaired) electrons. The van der Waals surface area contributed by atoms with E-state index < -0.39 is 0 Å². The first-order valence-corrected chi connectivity index (χ1v) is 5.20. The standard InChI is InChI=1S/C10H21NO/c1-2-5-9(11)8-12-10-6-3-4-7-10/h9-10H,2-8,11H2,1H3. The highest BCUT2D eigenvalue weighted by molar-refractivity contribution is 4.68. The van der Waals surface area contributed by atoms with Crippen LogP contribution in [0, 0.1) is 0 Å². The molecule has 1 unspecified atom stereocenters. The Bertz CT molecular complexity index is 110. The third kappa shape index (κ3) is 3.55. The van der Waals surface area contributed by atoms with Crippen molar-refractivity contribution in [3.8, 4) is 0 Å². The van der Waals surface area contributed by atoms with Gasteiger partial charge in [0.05, 0.1) is 12.7 Å². The first kappa shape index (κ1) is 10.0. The summed E-state index contributed by atoms with van der Waals surface area (Å²) in [4.78, 5) is 0. The average molecular weight is 171 g/mol. The third-order valence-corrected chi connectivity index (χ3v) is 2.51. The molecule has 0 spiro atoms. The molecule has 1 aliphatic carbocycles. The summed E-state index contributed by atoms with van der Waals surface area (Å²) in [5.41, 5.74) is 5.84. The quantitative estimate of drug-likeness (QED) is 0.687. The molecule has 1 aliphatic rings. The smallest absolute Gasteiger partial charge is 0.0621 e. The predicted molar refractivity (Wildman–Crippen MR) is 51.1 cm³/mol. The first-order chi connectivity index (χ1) is 5.83.